The van der Waals surface area contributed by atoms with Gasteiger partial charge in [0.1, 0.15) is 0 Å². The first kappa shape index (κ1) is 15.0. The van der Waals surface area contributed by atoms with Crippen LogP contribution in [0.1, 0.15) is 17.5 Å². The van der Waals surface area contributed by atoms with E-state index in [9.17, 15) is 27.9 Å². The second-order valence-corrected chi connectivity index (χ2v) is 4.49. The van der Waals surface area contributed by atoms with Gasteiger partial charge in [-0.2, -0.15) is 13.2 Å². The summed E-state index contributed by atoms with van der Waals surface area (Å²) < 4.78 is 36.8. The predicted octanol–water partition coefficient (Wildman–Crippen LogP) is 1.88. The van der Waals surface area contributed by atoms with Crippen molar-refractivity contribution < 1.29 is 33.0 Å². The van der Waals surface area contributed by atoms with Gasteiger partial charge in [0.25, 0.3) is 0 Å². The third-order valence-corrected chi connectivity index (χ3v) is 3.11. The molecule has 112 valence electrons. The lowest BCUT2D eigenvalue weighted by molar-refractivity contribution is -0.167. The number of carbonyl (C=O) groups excluding carboxylic acids is 1. The average Bonchev–Trinajstić information content (AvgIpc) is 2.38. The monoisotopic (exact) mass is 301 g/mol. The van der Waals surface area contributed by atoms with Gasteiger partial charge >= 0.3 is 18.1 Å². The van der Waals surface area contributed by atoms with Crippen LogP contribution in [0.2, 0.25) is 0 Å². The Morgan fingerprint density at radius 3 is 2.52 bits per heavy atom. The molecule has 0 bridgehead atoms. The Morgan fingerprint density at radius 1 is 1.29 bits per heavy atom. The lowest BCUT2D eigenvalue weighted by Crippen LogP contribution is -2.37. The first-order chi connectivity index (χ1) is 9.66. The van der Waals surface area contributed by atoms with Crippen molar-refractivity contribution >= 4 is 23.6 Å². The molecule has 1 aromatic rings. The Morgan fingerprint density at radius 2 is 1.95 bits per heavy atom. The van der Waals surface area contributed by atoms with Gasteiger partial charge < -0.3 is 15.5 Å². The molecule has 1 atom stereocenters. The van der Waals surface area contributed by atoms with Crippen molar-refractivity contribution in [1.29, 1.82) is 0 Å². The van der Waals surface area contributed by atoms with Crippen molar-refractivity contribution in [3.05, 3.63) is 35.4 Å². The van der Waals surface area contributed by atoms with Gasteiger partial charge in [-0.15, -0.1) is 0 Å². The largest absolute Gasteiger partial charge is 0.479 e. The number of aliphatic hydroxyl groups is 1. The van der Waals surface area contributed by atoms with Crippen LogP contribution < -0.4 is 5.32 Å². The fourth-order valence-corrected chi connectivity index (χ4v) is 2.07. The summed E-state index contributed by atoms with van der Waals surface area (Å²) in [6, 6.07) is 3.74. The zero-order valence-corrected chi connectivity index (χ0v) is 10.4. The molecule has 0 aliphatic heterocycles. The molecule has 1 aromatic carbocycles. The number of nitrogens with one attached hydrogen (secondary N) is 1. The third-order valence-electron chi connectivity index (χ3n) is 3.11. The van der Waals surface area contributed by atoms with Crippen molar-refractivity contribution in [2.24, 2.45) is 0 Å². The molecule has 0 saturated carbocycles. The molecule has 0 aromatic heterocycles. The SMILES string of the molecule is O=C(Nc1cccc2c1C=CCC2(O)C(=O)O)C(F)(F)F. The second-order valence-electron chi connectivity index (χ2n) is 4.49. The Kier molecular flexibility index (Phi) is 3.50. The number of benzene rings is 1. The number of rotatable bonds is 2. The molecule has 1 amide bonds. The van der Waals surface area contributed by atoms with E-state index in [1.807, 2.05) is 0 Å². The van der Waals surface area contributed by atoms with Crippen LogP contribution >= 0.6 is 0 Å². The maximum atomic E-state index is 12.3. The number of amides is 1. The zero-order valence-electron chi connectivity index (χ0n) is 10.4. The van der Waals surface area contributed by atoms with E-state index in [1.54, 1.807) is 5.32 Å². The van der Waals surface area contributed by atoms with E-state index < -0.39 is 23.7 Å². The van der Waals surface area contributed by atoms with Gasteiger partial charge in [0.2, 0.25) is 0 Å². The Bertz CT molecular complexity index is 639. The number of anilines is 1. The van der Waals surface area contributed by atoms with Gasteiger partial charge in [0.05, 0.1) is 0 Å². The molecule has 0 saturated heterocycles. The van der Waals surface area contributed by atoms with Crippen LogP contribution in [0.3, 0.4) is 0 Å². The first-order valence-corrected chi connectivity index (χ1v) is 5.80. The third kappa shape index (κ3) is 2.62. The quantitative estimate of drug-likeness (QED) is 0.778. The lowest BCUT2D eigenvalue weighted by atomic mass is 9.82. The van der Waals surface area contributed by atoms with Crippen LogP contribution in [-0.4, -0.2) is 28.3 Å². The highest BCUT2D eigenvalue weighted by atomic mass is 19.4. The molecule has 21 heavy (non-hydrogen) atoms. The molecule has 1 unspecified atom stereocenters. The minimum atomic E-state index is -5.07. The van der Waals surface area contributed by atoms with Crippen LogP contribution in [0.15, 0.2) is 24.3 Å². The summed E-state index contributed by atoms with van der Waals surface area (Å²) in [5.74, 6) is -3.69. The van der Waals surface area contributed by atoms with E-state index >= 15 is 0 Å². The summed E-state index contributed by atoms with van der Waals surface area (Å²) in [7, 11) is 0. The fourth-order valence-electron chi connectivity index (χ4n) is 2.07. The van der Waals surface area contributed by atoms with Crippen molar-refractivity contribution in [3.63, 3.8) is 0 Å². The van der Waals surface area contributed by atoms with Gasteiger partial charge in [-0.05, 0) is 6.07 Å². The molecule has 5 nitrogen and oxygen atoms in total. The molecule has 2 rings (SSSR count). The topological polar surface area (TPSA) is 86.6 Å². The maximum absolute atomic E-state index is 12.3. The van der Waals surface area contributed by atoms with Crippen molar-refractivity contribution in [2.45, 2.75) is 18.2 Å². The normalized spacial score (nSPS) is 20.8. The van der Waals surface area contributed by atoms with E-state index in [0.717, 1.165) is 0 Å². The van der Waals surface area contributed by atoms with Gasteiger partial charge in [-0.3, -0.25) is 4.79 Å². The number of halogens is 3. The van der Waals surface area contributed by atoms with E-state index in [1.165, 1.54) is 30.4 Å². The highest BCUT2D eigenvalue weighted by molar-refractivity contribution is 5.97. The minimum Gasteiger partial charge on any atom is -0.479 e. The summed E-state index contributed by atoms with van der Waals surface area (Å²) in [5, 5.41) is 20.9. The number of aliphatic carboxylic acids is 1. The van der Waals surface area contributed by atoms with Crippen LogP contribution in [0.25, 0.3) is 6.08 Å². The highest BCUT2D eigenvalue weighted by Gasteiger charge is 2.42. The Balaban J connectivity index is 2.48. The van der Waals surface area contributed by atoms with Crippen LogP contribution in [-0.2, 0) is 15.2 Å². The molecular formula is C13H10F3NO4. The van der Waals surface area contributed by atoms with E-state index in [-0.39, 0.29) is 23.2 Å². The number of fused-ring (bicyclic) bond motifs is 1. The first-order valence-electron chi connectivity index (χ1n) is 5.80. The number of carboxylic acid groups (broad SMARTS) is 1. The predicted molar refractivity (Wildman–Crippen MR) is 66.3 cm³/mol. The molecular weight excluding hydrogens is 291 g/mol. The summed E-state index contributed by atoms with van der Waals surface area (Å²) in [5.41, 5.74) is -2.49. The maximum Gasteiger partial charge on any atom is 0.471 e. The molecule has 0 fully saturated rings. The van der Waals surface area contributed by atoms with Gasteiger partial charge in [0.15, 0.2) is 5.60 Å². The highest BCUT2D eigenvalue weighted by Crippen LogP contribution is 2.37. The smallest absolute Gasteiger partial charge is 0.471 e. The van der Waals surface area contributed by atoms with Crippen molar-refractivity contribution in [1.82, 2.24) is 0 Å². The molecule has 0 radical (unpaired) electrons. The standard InChI is InChI=1S/C13H10F3NO4/c14-13(15,16)10(18)17-9-5-1-4-8-7(9)3-2-6-12(8,21)11(19)20/h1-5,21H,6H2,(H,17,18)(H,19,20). The number of alkyl halides is 3. The van der Waals surface area contributed by atoms with Gasteiger partial charge in [-0.1, -0.05) is 24.3 Å². The summed E-state index contributed by atoms with van der Waals surface area (Å²) in [6.07, 6.45) is -2.60. The zero-order chi connectivity index (χ0) is 15.8. The molecule has 3 N–H and O–H groups in total. The molecule has 8 heteroatoms. The molecule has 0 spiro atoms. The van der Waals surface area contributed by atoms with E-state index in [4.69, 9.17) is 5.11 Å². The molecule has 1 aliphatic rings. The second kappa shape index (κ2) is 4.88. The van der Waals surface area contributed by atoms with Crippen LogP contribution in [0.4, 0.5) is 18.9 Å². The van der Waals surface area contributed by atoms with Crippen molar-refractivity contribution in [2.75, 3.05) is 5.32 Å². The number of carboxylic acids is 1. The van der Waals surface area contributed by atoms with Crippen molar-refractivity contribution in [3.8, 4) is 0 Å². The summed E-state index contributed by atoms with van der Waals surface area (Å²) in [4.78, 5) is 22.2. The van der Waals surface area contributed by atoms with E-state index in [0.29, 0.717) is 0 Å². The molecule has 1 aliphatic carbocycles. The van der Waals surface area contributed by atoms with Gasteiger partial charge in [0, 0.05) is 23.2 Å². The molecule has 0 heterocycles. The minimum absolute atomic E-state index is 0.0336. The summed E-state index contributed by atoms with van der Waals surface area (Å²) in [6.45, 7) is 0. The van der Waals surface area contributed by atoms with E-state index in [2.05, 4.69) is 0 Å². The summed E-state index contributed by atoms with van der Waals surface area (Å²) >= 11 is 0. The van der Waals surface area contributed by atoms with Crippen LogP contribution in [0, 0.1) is 0 Å². The lowest BCUT2D eigenvalue weighted by Gasteiger charge is -2.28. The Labute approximate surface area is 116 Å². The van der Waals surface area contributed by atoms with Crippen LogP contribution in [0.5, 0.6) is 0 Å². The average molecular weight is 301 g/mol. The fraction of sp³-hybridized carbons (Fsp3) is 0.231. The van der Waals surface area contributed by atoms with Gasteiger partial charge in [-0.25, -0.2) is 4.79 Å². The number of hydrogen-bond donors (Lipinski definition) is 3. The Hall–Kier alpha value is -2.35. The number of carbonyl (C=O) groups is 2. The number of hydrogen-bond acceptors (Lipinski definition) is 3.